The minimum absolute atomic E-state index is 0.00913. The van der Waals surface area contributed by atoms with Crippen LogP contribution in [0.15, 0.2) is 70.0 Å². The van der Waals surface area contributed by atoms with E-state index in [0.717, 1.165) is 30.3 Å². The maximum absolute atomic E-state index is 12.9. The predicted octanol–water partition coefficient (Wildman–Crippen LogP) is 6.07. The minimum atomic E-state index is -5.00. The van der Waals surface area contributed by atoms with Crippen molar-refractivity contribution in [2.45, 2.75) is 30.3 Å². The molecule has 0 aliphatic heterocycles. The molecule has 0 unspecified atom stereocenters. The van der Waals surface area contributed by atoms with E-state index in [1.165, 1.54) is 18.2 Å². The van der Waals surface area contributed by atoms with E-state index in [1.54, 1.807) is 0 Å². The largest absolute Gasteiger partial charge is 0.573 e. The number of carbonyl (C=O) groups excluding carboxylic acids is 1. The third-order valence-electron chi connectivity index (χ3n) is 4.91. The molecular weight excluding hydrogens is 524 g/mol. The molecule has 1 N–H and O–H groups in total. The highest BCUT2D eigenvalue weighted by molar-refractivity contribution is 7.95. The molecule has 0 bridgehead atoms. The lowest BCUT2D eigenvalue weighted by molar-refractivity contribution is -0.274. The number of amides is 1. The summed E-state index contributed by atoms with van der Waals surface area (Å²) in [5, 5.41) is 2.16. The monoisotopic (exact) mass is 539 g/mol. The maximum Gasteiger partial charge on any atom is 0.573 e. The van der Waals surface area contributed by atoms with E-state index < -0.39 is 44.5 Å². The summed E-state index contributed by atoms with van der Waals surface area (Å²) in [4.78, 5) is 11.7. The summed E-state index contributed by atoms with van der Waals surface area (Å²) in [6.45, 7) is -0.0374. The van der Waals surface area contributed by atoms with E-state index in [0.29, 0.717) is 11.6 Å². The Bertz CT molecular complexity index is 1300. The number of allylic oxidation sites excluding steroid dienone is 3. The molecule has 2 aromatic rings. The molecule has 188 valence electrons. The Morgan fingerprint density at radius 2 is 1.71 bits per heavy atom. The van der Waals surface area contributed by atoms with Gasteiger partial charge in [-0.05, 0) is 55.3 Å². The minimum Gasteiger partial charge on any atom is -0.404 e. The number of hydrogen-bond acceptors (Lipinski definition) is 4. The molecule has 0 atom stereocenters. The van der Waals surface area contributed by atoms with Gasteiger partial charge >= 0.3 is 12.5 Å². The smallest absolute Gasteiger partial charge is 0.404 e. The number of hydrogen-bond donors (Lipinski definition) is 1. The topological polar surface area (TPSA) is 72.5 Å². The lowest BCUT2D eigenvalue weighted by atomic mass is 10.0. The van der Waals surface area contributed by atoms with Crippen molar-refractivity contribution in [3.05, 3.63) is 81.2 Å². The zero-order valence-corrected chi connectivity index (χ0v) is 19.1. The van der Waals surface area contributed by atoms with E-state index in [-0.39, 0.29) is 34.9 Å². The van der Waals surface area contributed by atoms with E-state index in [2.05, 4.69) is 10.1 Å². The van der Waals surface area contributed by atoms with Crippen LogP contribution in [0.4, 0.5) is 26.3 Å². The molecule has 1 amide bonds. The van der Waals surface area contributed by atoms with Crippen molar-refractivity contribution >= 4 is 27.3 Å². The first-order valence-electron chi connectivity index (χ1n) is 9.81. The van der Waals surface area contributed by atoms with Gasteiger partial charge in [0.15, 0.2) is 0 Å². The lowest BCUT2D eigenvalue weighted by Gasteiger charge is -2.17. The van der Waals surface area contributed by atoms with Gasteiger partial charge in [-0.2, -0.15) is 13.2 Å². The Labute approximate surface area is 200 Å². The van der Waals surface area contributed by atoms with Crippen molar-refractivity contribution in [1.82, 2.24) is 5.32 Å². The van der Waals surface area contributed by atoms with Gasteiger partial charge < -0.3 is 10.1 Å². The molecule has 0 saturated carbocycles. The molecule has 1 aliphatic rings. The first-order chi connectivity index (χ1) is 16.2. The Balaban J connectivity index is 1.70. The second-order valence-electron chi connectivity index (χ2n) is 7.36. The molecule has 35 heavy (non-hydrogen) atoms. The Morgan fingerprint density at radius 1 is 1.00 bits per heavy atom. The molecule has 1 aliphatic carbocycles. The van der Waals surface area contributed by atoms with Crippen LogP contribution in [0.2, 0.25) is 5.02 Å². The zero-order chi connectivity index (χ0) is 26.0. The second kappa shape index (κ2) is 9.94. The summed E-state index contributed by atoms with van der Waals surface area (Å²) < 4.78 is 105. The number of sulfone groups is 1. The van der Waals surface area contributed by atoms with Crippen molar-refractivity contribution in [3.63, 3.8) is 0 Å². The molecule has 0 saturated heterocycles. The fourth-order valence-electron chi connectivity index (χ4n) is 3.17. The predicted molar refractivity (Wildman–Crippen MR) is 114 cm³/mol. The summed E-state index contributed by atoms with van der Waals surface area (Å²) in [5.41, 5.74) is -0.629. The molecular formula is C22H16ClF6NO4S. The Hall–Kier alpha value is -2.99. The summed E-state index contributed by atoms with van der Waals surface area (Å²) in [7, 11) is -4.16. The number of halogens is 7. The van der Waals surface area contributed by atoms with Crippen LogP contribution in [0.5, 0.6) is 5.75 Å². The first kappa shape index (κ1) is 26.6. The van der Waals surface area contributed by atoms with Crippen LogP contribution in [0.25, 0.3) is 0 Å². The van der Waals surface area contributed by atoms with Crippen LogP contribution >= 0.6 is 11.6 Å². The zero-order valence-electron chi connectivity index (χ0n) is 17.5. The highest BCUT2D eigenvalue weighted by atomic mass is 35.5. The number of carbonyl (C=O) groups is 1. The average Bonchev–Trinajstić information content (AvgIpc) is 2.78. The third-order valence-corrected chi connectivity index (χ3v) is 7.13. The molecule has 2 aromatic carbocycles. The number of benzene rings is 2. The Kier molecular flexibility index (Phi) is 7.56. The van der Waals surface area contributed by atoms with Gasteiger partial charge in [-0.1, -0.05) is 29.3 Å². The standard InChI is InChI=1S/C22H16ClF6NO4S/c23-18-9-6-14(10-19(18)34-22(27,28)29)20(31)30-12-13-4-7-16(8-5-13)35(32,33)17-3-1-2-15(11-17)21(24,25)26/h1-4,6-7,9-11H,5,8,12H2,(H,30,31). The quantitative estimate of drug-likeness (QED) is 0.453. The van der Waals surface area contributed by atoms with Gasteiger partial charge in [0.25, 0.3) is 5.91 Å². The summed E-state index contributed by atoms with van der Waals surface area (Å²) in [6, 6.07) is 6.54. The second-order valence-corrected chi connectivity index (χ2v) is 9.77. The van der Waals surface area contributed by atoms with E-state index in [1.807, 2.05) is 0 Å². The lowest BCUT2D eigenvalue weighted by Crippen LogP contribution is -2.26. The van der Waals surface area contributed by atoms with Crippen molar-refractivity contribution < 1.29 is 44.3 Å². The van der Waals surface area contributed by atoms with Crippen LogP contribution in [0.3, 0.4) is 0 Å². The number of nitrogens with one attached hydrogen (secondary N) is 1. The first-order valence-corrected chi connectivity index (χ1v) is 11.7. The van der Waals surface area contributed by atoms with E-state index in [9.17, 15) is 39.6 Å². The van der Waals surface area contributed by atoms with Gasteiger partial charge in [-0.3, -0.25) is 4.79 Å². The van der Waals surface area contributed by atoms with Crippen LogP contribution in [0, 0.1) is 0 Å². The number of rotatable bonds is 6. The Morgan fingerprint density at radius 3 is 2.31 bits per heavy atom. The fraction of sp³-hybridized carbons (Fsp3) is 0.227. The molecule has 5 nitrogen and oxygen atoms in total. The van der Waals surface area contributed by atoms with Crippen LogP contribution in [-0.2, 0) is 16.0 Å². The normalized spacial score (nSPS) is 14.7. The van der Waals surface area contributed by atoms with E-state index in [4.69, 9.17) is 11.6 Å². The van der Waals surface area contributed by atoms with Gasteiger partial charge in [-0.15, -0.1) is 13.2 Å². The van der Waals surface area contributed by atoms with Crippen molar-refractivity contribution in [3.8, 4) is 5.75 Å². The van der Waals surface area contributed by atoms with Gasteiger partial charge in [-0.25, -0.2) is 8.42 Å². The third kappa shape index (κ3) is 6.79. The molecule has 0 radical (unpaired) electrons. The molecule has 0 fully saturated rings. The average molecular weight is 540 g/mol. The highest BCUT2D eigenvalue weighted by Gasteiger charge is 2.33. The van der Waals surface area contributed by atoms with Gasteiger partial charge in [0.05, 0.1) is 15.5 Å². The molecule has 0 heterocycles. The maximum atomic E-state index is 12.9. The van der Waals surface area contributed by atoms with E-state index >= 15 is 0 Å². The fourth-order valence-corrected chi connectivity index (χ4v) is 4.78. The number of ether oxygens (including phenoxy) is 1. The van der Waals surface area contributed by atoms with Crippen LogP contribution in [-0.4, -0.2) is 27.2 Å². The highest BCUT2D eigenvalue weighted by Crippen LogP contribution is 2.34. The van der Waals surface area contributed by atoms with Crippen LogP contribution in [0.1, 0.15) is 28.8 Å². The van der Waals surface area contributed by atoms with Crippen molar-refractivity contribution in [2.24, 2.45) is 0 Å². The molecule has 13 heteroatoms. The molecule has 0 aromatic heterocycles. The van der Waals surface area contributed by atoms with Gasteiger partial charge in [0, 0.05) is 17.0 Å². The summed E-state index contributed by atoms with van der Waals surface area (Å²) in [6.07, 6.45) is -6.84. The van der Waals surface area contributed by atoms with Gasteiger partial charge in [0.2, 0.25) is 9.84 Å². The summed E-state index contributed by atoms with van der Waals surface area (Å²) >= 11 is 5.65. The SMILES string of the molecule is O=C(NCC1=CC=C(S(=O)(=O)c2cccc(C(F)(F)F)c2)CC1)c1ccc(Cl)c(OC(F)(F)F)c1. The van der Waals surface area contributed by atoms with Gasteiger partial charge in [0.1, 0.15) is 5.75 Å². The van der Waals surface area contributed by atoms with Crippen molar-refractivity contribution in [1.29, 1.82) is 0 Å². The summed E-state index contributed by atoms with van der Waals surface area (Å²) in [5.74, 6) is -1.46. The molecule has 0 spiro atoms. The van der Waals surface area contributed by atoms with Crippen molar-refractivity contribution in [2.75, 3.05) is 6.54 Å². The number of alkyl halides is 6. The molecule has 3 rings (SSSR count). The van der Waals surface area contributed by atoms with Crippen LogP contribution < -0.4 is 10.1 Å².